The Morgan fingerprint density at radius 2 is 1.12 bits per heavy atom. The first-order valence-corrected chi connectivity index (χ1v) is 2.35. The van der Waals surface area contributed by atoms with Gasteiger partial charge >= 0.3 is 26.7 Å². The van der Waals surface area contributed by atoms with Crippen LogP contribution in [-0.4, -0.2) is 33.5 Å². The monoisotopic (exact) mass is 190 g/mol. The number of rotatable bonds is 0. The maximum atomic E-state index is 8.88. The SMILES string of the molecule is F.O=P(O)(O)O.[LiH].[Zn]. The van der Waals surface area contributed by atoms with Crippen LogP contribution >= 0.6 is 7.82 Å². The minimum Gasteiger partial charge on any atom is 0 e. The zero-order valence-electron chi connectivity index (χ0n) is 3.31. The predicted molar refractivity (Wildman–Crippen MR) is 23.9 cm³/mol. The summed E-state index contributed by atoms with van der Waals surface area (Å²) in [5.74, 6) is 0. The van der Waals surface area contributed by atoms with Crippen LogP contribution in [0.4, 0.5) is 4.70 Å². The first-order chi connectivity index (χ1) is 2.00. The second-order valence-electron chi connectivity index (χ2n) is 0.513. The largest absolute Gasteiger partial charge is 0 e. The van der Waals surface area contributed by atoms with Gasteiger partial charge in [-0.05, 0) is 0 Å². The molecule has 0 rings (SSSR count). The van der Waals surface area contributed by atoms with Crippen molar-refractivity contribution in [1.82, 2.24) is 0 Å². The van der Waals surface area contributed by atoms with Crippen molar-refractivity contribution in [3.63, 3.8) is 0 Å². The van der Waals surface area contributed by atoms with E-state index in [0.29, 0.717) is 0 Å². The second-order valence-corrected chi connectivity index (χ2v) is 1.54. The molecule has 0 aromatic rings. The van der Waals surface area contributed by atoms with Crippen LogP contribution in [0.15, 0.2) is 0 Å². The van der Waals surface area contributed by atoms with Crippen molar-refractivity contribution in [3.8, 4) is 0 Å². The molecule has 0 aliphatic carbocycles. The summed E-state index contributed by atoms with van der Waals surface area (Å²) in [5.41, 5.74) is 0. The molecule has 4 nitrogen and oxygen atoms in total. The van der Waals surface area contributed by atoms with E-state index in [1.54, 1.807) is 0 Å². The van der Waals surface area contributed by atoms with Gasteiger partial charge in [-0.25, -0.2) is 4.57 Å². The molecule has 0 radical (unpaired) electrons. The van der Waals surface area contributed by atoms with E-state index < -0.39 is 7.82 Å². The van der Waals surface area contributed by atoms with Crippen molar-refractivity contribution in [1.29, 1.82) is 0 Å². The van der Waals surface area contributed by atoms with Crippen LogP contribution in [0.2, 0.25) is 0 Å². The van der Waals surface area contributed by atoms with Crippen molar-refractivity contribution >= 4 is 26.7 Å². The summed E-state index contributed by atoms with van der Waals surface area (Å²) in [4.78, 5) is 21.6. The Balaban J connectivity index is -0.0000000267. The third kappa shape index (κ3) is 179. The molecule has 0 unspecified atom stereocenters. The molecular formula is H5FLiO4PZn. The molecule has 0 bridgehead atoms. The van der Waals surface area contributed by atoms with Crippen molar-refractivity contribution in [2.24, 2.45) is 0 Å². The third-order valence-corrected chi connectivity index (χ3v) is 0. The minimum atomic E-state index is -4.64. The fourth-order valence-corrected chi connectivity index (χ4v) is 0. The van der Waals surface area contributed by atoms with Crippen molar-refractivity contribution in [3.05, 3.63) is 0 Å². The van der Waals surface area contributed by atoms with Crippen LogP contribution < -0.4 is 0 Å². The van der Waals surface area contributed by atoms with Gasteiger partial charge < -0.3 is 14.7 Å². The van der Waals surface area contributed by atoms with Crippen molar-refractivity contribution < 1.29 is 43.4 Å². The van der Waals surface area contributed by atoms with E-state index in [2.05, 4.69) is 0 Å². The summed E-state index contributed by atoms with van der Waals surface area (Å²) in [6.45, 7) is 0. The Labute approximate surface area is 70.2 Å². The van der Waals surface area contributed by atoms with Crippen LogP contribution in [0.5, 0.6) is 0 Å². The zero-order chi connectivity index (χ0) is 4.50. The standard InChI is InChI=1S/FH.Li.H3O4P.Zn.H/c;;1-5(2,3)4;;/h1H;;(H3,1,2,3,4);;. The number of halogens is 1. The van der Waals surface area contributed by atoms with Gasteiger partial charge in [-0.2, -0.15) is 0 Å². The fourth-order valence-electron chi connectivity index (χ4n) is 0. The van der Waals surface area contributed by atoms with E-state index in [0.717, 1.165) is 0 Å². The average molecular weight is 191 g/mol. The van der Waals surface area contributed by atoms with Crippen molar-refractivity contribution in [2.75, 3.05) is 0 Å². The first-order valence-electron chi connectivity index (χ1n) is 0.783. The Morgan fingerprint density at radius 1 is 1.12 bits per heavy atom. The van der Waals surface area contributed by atoms with E-state index in [1.807, 2.05) is 0 Å². The molecule has 0 aliphatic heterocycles. The van der Waals surface area contributed by atoms with Gasteiger partial charge in [0.15, 0.2) is 0 Å². The van der Waals surface area contributed by atoms with Crippen LogP contribution in [0.3, 0.4) is 0 Å². The van der Waals surface area contributed by atoms with Crippen LogP contribution in [0.1, 0.15) is 0 Å². The zero-order valence-corrected chi connectivity index (χ0v) is 7.17. The van der Waals surface area contributed by atoms with Gasteiger partial charge in [-0.3, -0.25) is 4.70 Å². The quantitative estimate of drug-likeness (QED) is 0.324. The van der Waals surface area contributed by atoms with Gasteiger partial charge in [0.2, 0.25) is 0 Å². The Bertz CT molecular complexity index is 62.2. The molecule has 0 aromatic carbocycles. The van der Waals surface area contributed by atoms with E-state index in [4.69, 9.17) is 19.2 Å². The summed E-state index contributed by atoms with van der Waals surface area (Å²) in [5, 5.41) is 0. The molecule has 44 valence electrons. The number of hydrogen-bond acceptors (Lipinski definition) is 1. The number of hydrogen-bond donors (Lipinski definition) is 3. The maximum Gasteiger partial charge on any atom is 0 e. The summed E-state index contributed by atoms with van der Waals surface area (Å²) in [6.07, 6.45) is 0. The Hall–Kier alpha value is 1.26. The van der Waals surface area contributed by atoms with E-state index in [1.165, 1.54) is 0 Å². The summed E-state index contributed by atoms with van der Waals surface area (Å²) >= 11 is 0. The molecule has 0 heterocycles. The summed E-state index contributed by atoms with van der Waals surface area (Å²) < 4.78 is 8.88. The molecule has 0 atom stereocenters. The molecule has 0 fully saturated rings. The fraction of sp³-hybridized carbons (Fsp3) is 0. The smallest absolute Gasteiger partial charge is 0 e. The molecule has 0 saturated heterocycles. The first kappa shape index (κ1) is 22.8. The minimum absolute atomic E-state index is 0. The molecule has 3 N–H and O–H groups in total. The van der Waals surface area contributed by atoms with Gasteiger partial charge in [0.1, 0.15) is 0 Å². The maximum absolute atomic E-state index is 8.88. The third-order valence-electron chi connectivity index (χ3n) is 0. The second kappa shape index (κ2) is 8.26. The predicted octanol–water partition coefficient (Wildman–Crippen LogP) is -1.43. The van der Waals surface area contributed by atoms with Gasteiger partial charge in [-0.15, -0.1) is 0 Å². The van der Waals surface area contributed by atoms with Crippen molar-refractivity contribution in [2.45, 2.75) is 0 Å². The molecular weight excluding hydrogens is 186 g/mol. The average Bonchev–Trinajstić information content (AvgIpc) is 0.722. The summed E-state index contributed by atoms with van der Waals surface area (Å²) in [7, 11) is -4.64. The van der Waals surface area contributed by atoms with Crippen LogP contribution in [0.25, 0.3) is 0 Å². The van der Waals surface area contributed by atoms with E-state index >= 15 is 0 Å². The molecule has 0 aromatic heterocycles. The topological polar surface area (TPSA) is 77.8 Å². The molecule has 0 amide bonds. The molecule has 0 aliphatic rings. The van der Waals surface area contributed by atoms with Gasteiger partial charge in [0.05, 0.1) is 0 Å². The van der Waals surface area contributed by atoms with Gasteiger partial charge in [0.25, 0.3) is 0 Å². The number of phosphoric acid groups is 1. The summed E-state index contributed by atoms with van der Waals surface area (Å²) in [6, 6.07) is 0. The Kier molecular flexibility index (Phi) is 23.6. The molecule has 8 heteroatoms. The Morgan fingerprint density at radius 3 is 1.12 bits per heavy atom. The molecule has 0 spiro atoms. The van der Waals surface area contributed by atoms with Gasteiger partial charge in [0, 0.05) is 19.5 Å². The van der Waals surface area contributed by atoms with E-state index in [9.17, 15) is 0 Å². The van der Waals surface area contributed by atoms with Crippen LogP contribution in [0, 0.1) is 0 Å². The molecule has 0 saturated carbocycles. The van der Waals surface area contributed by atoms with Crippen LogP contribution in [-0.2, 0) is 24.0 Å². The molecule has 8 heavy (non-hydrogen) atoms. The van der Waals surface area contributed by atoms with E-state index in [-0.39, 0.29) is 43.0 Å². The van der Waals surface area contributed by atoms with Gasteiger partial charge in [-0.1, -0.05) is 0 Å². The normalized spacial score (nSPS) is 7.38.